The predicted molar refractivity (Wildman–Crippen MR) is 119 cm³/mol. The molecule has 1 N–H and O–H groups in total. The first-order valence-corrected chi connectivity index (χ1v) is 13.0. The summed E-state index contributed by atoms with van der Waals surface area (Å²) in [6, 6.07) is 0. The van der Waals surface area contributed by atoms with Crippen molar-refractivity contribution in [3.63, 3.8) is 0 Å². The van der Waals surface area contributed by atoms with E-state index in [1.54, 1.807) is 0 Å². The van der Waals surface area contributed by atoms with E-state index in [-0.39, 0.29) is 6.10 Å². The molecule has 4 rings (SSSR count). The van der Waals surface area contributed by atoms with Crippen LogP contribution >= 0.6 is 0 Å². The molecule has 0 saturated heterocycles. The molecule has 0 heterocycles. The van der Waals surface area contributed by atoms with E-state index in [9.17, 15) is 5.11 Å². The van der Waals surface area contributed by atoms with E-state index in [1.807, 2.05) is 0 Å². The molecule has 9 atom stereocenters. The zero-order chi connectivity index (χ0) is 20.1. The van der Waals surface area contributed by atoms with Crippen LogP contribution in [0.2, 0.25) is 0 Å². The molecule has 0 bridgehead atoms. The van der Waals surface area contributed by atoms with Crippen molar-refractivity contribution in [2.45, 2.75) is 118 Å². The maximum absolute atomic E-state index is 11.2. The van der Waals surface area contributed by atoms with E-state index in [1.165, 1.54) is 70.6 Å². The fourth-order valence-electron chi connectivity index (χ4n) is 9.38. The van der Waals surface area contributed by atoms with Crippen molar-refractivity contribution in [2.75, 3.05) is 0 Å². The molecule has 162 valence electrons. The van der Waals surface area contributed by atoms with E-state index in [0.29, 0.717) is 16.7 Å². The van der Waals surface area contributed by atoms with Gasteiger partial charge in [0.2, 0.25) is 0 Å². The summed E-state index contributed by atoms with van der Waals surface area (Å²) in [4.78, 5) is 0. The Morgan fingerprint density at radius 1 is 0.821 bits per heavy atom. The average molecular weight is 389 g/mol. The van der Waals surface area contributed by atoms with E-state index in [4.69, 9.17) is 0 Å². The van der Waals surface area contributed by atoms with Gasteiger partial charge in [-0.15, -0.1) is 0 Å². The Balaban J connectivity index is 1.49. The van der Waals surface area contributed by atoms with E-state index < -0.39 is 0 Å². The highest BCUT2D eigenvalue weighted by Crippen LogP contribution is 2.68. The normalized spacial score (nSPS) is 49.4. The summed E-state index contributed by atoms with van der Waals surface area (Å²) in [5.74, 6) is 5.85. The number of hydrogen-bond acceptors (Lipinski definition) is 1. The van der Waals surface area contributed by atoms with Crippen LogP contribution in [0.3, 0.4) is 0 Å². The van der Waals surface area contributed by atoms with Crippen LogP contribution < -0.4 is 0 Å². The van der Waals surface area contributed by atoms with Crippen LogP contribution in [0.1, 0.15) is 112 Å². The number of fused-ring (bicyclic) bond motifs is 5. The molecule has 4 saturated carbocycles. The topological polar surface area (TPSA) is 20.2 Å². The van der Waals surface area contributed by atoms with Gasteiger partial charge >= 0.3 is 0 Å². The molecule has 0 aliphatic heterocycles. The van der Waals surface area contributed by atoms with Gasteiger partial charge in [0, 0.05) is 0 Å². The minimum Gasteiger partial charge on any atom is -0.393 e. The summed E-state index contributed by atoms with van der Waals surface area (Å²) in [7, 11) is 0. The lowest BCUT2D eigenvalue weighted by Gasteiger charge is -2.62. The van der Waals surface area contributed by atoms with Crippen molar-refractivity contribution in [3.05, 3.63) is 0 Å². The van der Waals surface area contributed by atoms with E-state index >= 15 is 0 Å². The van der Waals surface area contributed by atoms with Gasteiger partial charge in [-0.3, -0.25) is 0 Å². The number of aliphatic hydroxyl groups excluding tert-OH is 1. The van der Waals surface area contributed by atoms with Crippen LogP contribution in [0.5, 0.6) is 0 Å². The summed E-state index contributed by atoms with van der Waals surface area (Å²) in [6.45, 7) is 12.6. The fraction of sp³-hybridized carbons (Fsp3) is 1.00. The summed E-state index contributed by atoms with van der Waals surface area (Å²) < 4.78 is 0. The maximum atomic E-state index is 11.2. The van der Waals surface area contributed by atoms with Crippen LogP contribution in [0, 0.1) is 52.3 Å². The van der Waals surface area contributed by atoms with Gasteiger partial charge in [0.1, 0.15) is 0 Å². The molecule has 9 unspecified atom stereocenters. The molecule has 1 nitrogen and oxygen atoms in total. The van der Waals surface area contributed by atoms with Crippen LogP contribution in [0.15, 0.2) is 0 Å². The number of aliphatic hydroxyl groups is 1. The average Bonchev–Trinajstić information content (AvgIpc) is 2.99. The molecule has 4 aliphatic rings. The molecule has 0 radical (unpaired) electrons. The third kappa shape index (κ3) is 3.40. The smallest absolute Gasteiger partial charge is 0.0576 e. The monoisotopic (exact) mass is 388 g/mol. The fourth-order valence-corrected chi connectivity index (χ4v) is 9.38. The number of rotatable bonds is 5. The van der Waals surface area contributed by atoms with Gasteiger partial charge in [-0.05, 0) is 97.2 Å². The van der Waals surface area contributed by atoms with Gasteiger partial charge < -0.3 is 5.11 Å². The SMILES string of the molecule is CC(C)CCCC(C)C1CCC2C3CC(O)C4CCCCC4(C)C3CCC12C. The molecular formula is C27H48O. The largest absolute Gasteiger partial charge is 0.393 e. The third-order valence-corrected chi connectivity index (χ3v) is 10.8. The zero-order valence-corrected chi connectivity index (χ0v) is 19.6. The minimum atomic E-state index is -0.0172. The molecular weight excluding hydrogens is 340 g/mol. The first kappa shape index (κ1) is 21.2. The summed E-state index contributed by atoms with van der Waals surface area (Å²) in [5.41, 5.74) is 0.985. The molecule has 0 spiro atoms. The summed E-state index contributed by atoms with van der Waals surface area (Å²) in [5, 5.41) is 11.2. The Bertz CT molecular complexity index is 540. The molecule has 4 aliphatic carbocycles. The Hall–Kier alpha value is -0.0400. The highest BCUT2D eigenvalue weighted by atomic mass is 16.3. The third-order valence-electron chi connectivity index (χ3n) is 10.8. The Morgan fingerprint density at radius 3 is 2.32 bits per heavy atom. The van der Waals surface area contributed by atoms with Crippen LogP contribution in [0.4, 0.5) is 0 Å². The number of hydrogen-bond donors (Lipinski definition) is 1. The molecule has 1 heteroatoms. The van der Waals surface area contributed by atoms with Crippen LogP contribution in [-0.4, -0.2) is 11.2 Å². The van der Waals surface area contributed by atoms with Crippen LogP contribution in [-0.2, 0) is 0 Å². The van der Waals surface area contributed by atoms with Crippen molar-refractivity contribution >= 4 is 0 Å². The Kier molecular flexibility index (Phi) is 5.98. The molecule has 0 amide bonds. The predicted octanol–water partition coefficient (Wildman–Crippen LogP) is 7.47. The molecule has 4 fully saturated rings. The highest BCUT2D eigenvalue weighted by molar-refractivity contribution is 5.10. The summed E-state index contributed by atoms with van der Waals surface area (Å²) in [6.07, 6.45) is 16.6. The molecule has 0 aromatic carbocycles. The quantitative estimate of drug-likeness (QED) is 0.518. The highest BCUT2D eigenvalue weighted by Gasteiger charge is 2.61. The second kappa shape index (κ2) is 7.90. The second-order valence-electron chi connectivity index (χ2n) is 12.6. The maximum Gasteiger partial charge on any atom is 0.0576 e. The van der Waals surface area contributed by atoms with Crippen molar-refractivity contribution in [2.24, 2.45) is 52.3 Å². The van der Waals surface area contributed by atoms with E-state index in [2.05, 4.69) is 34.6 Å². The minimum absolute atomic E-state index is 0.0172. The first-order chi connectivity index (χ1) is 13.3. The Morgan fingerprint density at radius 2 is 1.57 bits per heavy atom. The van der Waals surface area contributed by atoms with Gasteiger partial charge in [-0.1, -0.05) is 66.7 Å². The first-order valence-electron chi connectivity index (χ1n) is 13.0. The molecule has 0 aromatic heterocycles. The second-order valence-corrected chi connectivity index (χ2v) is 12.6. The lowest BCUT2D eigenvalue weighted by Crippen LogP contribution is -2.57. The van der Waals surface area contributed by atoms with E-state index in [0.717, 1.165) is 41.9 Å². The summed E-state index contributed by atoms with van der Waals surface area (Å²) >= 11 is 0. The standard InChI is InChI=1S/C27H48O/c1-18(2)9-8-10-19(3)21-12-13-22-20-17-25(28)24-11-6-7-15-26(24,4)23(20)14-16-27(21,22)5/h18-25,28H,6-17H2,1-5H3. The molecule has 28 heavy (non-hydrogen) atoms. The van der Waals surface area contributed by atoms with Gasteiger partial charge in [0.25, 0.3) is 0 Å². The van der Waals surface area contributed by atoms with Crippen molar-refractivity contribution in [1.29, 1.82) is 0 Å². The van der Waals surface area contributed by atoms with Gasteiger partial charge in [0.15, 0.2) is 0 Å². The lowest BCUT2D eigenvalue weighted by atomic mass is 9.44. The molecule has 0 aromatic rings. The lowest BCUT2D eigenvalue weighted by molar-refractivity contribution is -0.159. The Labute approximate surface area is 175 Å². The zero-order valence-electron chi connectivity index (χ0n) is 19.6. The van der Waals surface area contributed by atoms with Crippen LogP contribution in [0.25, 0.3) is 0 Å². The van der Waals surface area contributed by atoms with Crippen molar-refractivity contribution in [3.8, 4) is 0 Å². The van der Waals surface area contributed by atoms with Crippen molar-refractivity contribution < 1.29 is 5.11 Å². The van der Waals surface area contributed by atoms with Gasteiger partial charge in [-0.25, -0.2) is 0 Å². The van der Waals surface area contributed by atoms with Gasteiger partial charge in [-0.2, -0.15) is 0 Å². The van der Waals surface area contributed by atoms with Crippen molar-refractivity contribution in [1.82, 2.24) is 0 Å². The van der Waals surface area contributed by atoms with Gasteiger partial charge in [0.05, 0.1) is 6.10 Å².